The summed E-state index contributed by atoms with van der Waals surface area (Å²) < 4.78 is 24.6. The van der Waals surface area contributed by atoms with E-state index < -0.39 is 11.9 Å². The van der Waals surface area contributed by atoms with Gasteiger partial charge in [-0.3, -0.25) is 0 Å². The number of ether oxygens (including phenoxy) is 5. The number of carbonyl (C=O) groups is 2. The third-order valence-electron chi connectivity index (χ3n) is 3.79. The number of phenols is 2. The number of esters is 1. The molecule has 0 aliphatic heterocycles. The van der Waals surface area contributed by atoms with Gasteiger partial charge in [0.05, 0.1) is 45.7 Å². The molecule has 0 unspecified atom stereocenters. The predicted octanol–water partition coefficient (Wildman–Crippen LogP) is 3.08. The van der Waals surface area contributed by atoms with Gasteiger partial charge < -0.3 is 39.0 Å². The fourth-order valence-corrected chi connectivity index (χ4v) is 2.37. The van der Waals surface area contributed by atoms with E-state index in [4.69, 9.17) is 24.1 Å². The Morgan fingerprint density at radius 2 is 1.13 bits per heavy atom. The Kier molecular flexibility index (Phi) is 9.77. The molecule has 2 aromatic rings. The second-order valence-corrected chi connectivity index (χ2v) is 5.71. The SMILES string of the molecule is CCOc1cc(C(=O)O)cc(OC)c1O.CCOc1cc(C(=O)OC)cc(OC)c1O. The van der Waals surface area contributed by atoms with Crippen LogP contribution in [-0.4, -0.2) is 61.8 Å². The summed E-state index contributed by atoms with van der Waals surface area (Å²) in [4.78, 5) is 22.1. The van der Waals surface area contributed by atoms with Crippen LogP contribution in [0.25, 0.3) is 0 Å². The van der Waals surface area contributed by atoms with Gasteiger partial charge in [-0.1, -0.05) is 0 Å². The van der Waals surface area contributed by atoms with Gasteiger partial charge in [-0.15, -0.1) is 0 Å². The Morgan fingerprint density at radius 3 is 1.48 bits per heavy atom. The fraction of sp³-hybridized carbons (Fsp3) is 0.333. The highest BCUT2D eigenvalue weighted by Gasteiger charge is 2.16. The largest absolute Gasteiger partial charge is 0.502 e. The van der Waals surface area contributed by atoms with Gasteiger partial charge in [0.2, 0.25) is 11.5 Å². The van der Waals surface area contributed by atoms with Crippen LogP contribution in [0.5, 0.6) is 34.5 Å². The summed E-state index contributed by atoms with van der Waals surface area (Å²) in [6.45, 7) is 4.22. The highest BCUT2D eigenvalue weighted by molar-refractivity contribution is 5.91. The number of carboxylic acid groups (broad SMARTS) is 1. The summed E-state index contributed by atoms with van der Waals surface area (Å²) in [6.07, 6.45) is 0. The van der Waals surface area contributed by atoms with Crippen LogP contribution in [-0.2, 0) is 4.74 Å². The number of aromatic hydroxyl groups is 2. The predicted molar refractivity (Wildman–Crippen MR) is 110 cm³/mol. The number of carboxylic acids is 1. The summed E-state index contributed by atoms with van der Waals surface area (Å²) in [5.74, 6) is -1.38. The van der Waals surface area contributed by atoms with Crippen LogP contribution in [0, 0.1) is 0 Å². The third-order valence-corrected chi connectivity index (χ3v) is 3.79. The molecule has 10 nitrogen and oxygen atoms in total. The molecule has 0 aromatic heterocycles. The van der Waals surface area contributed by atoms with Gasteiger partial charge in [-0.2, -0.15) is 0 Å². The standard InChI is InChI=1S/C11H14O5.C10H12O5/c1-4-16-9-6-7(11(13)15-3)5-8(14-2)10(9)12;1-3-15-8-5-6(10(12)13)4-7(14-2)9(8)11/h5-6,12H,4H2,1-3H3;4-5,11H,3H2,1-2H3,(H,12,13). The van der Waals surface area contributed by atoms with Gasteiger partial charge in [0, 0.05) is 0 Å². The molecule has 0 spiro atoms. The fourth-order valence-electron chi connectivity index (χ4n) is 2.37. The third kappa shape index (κ3) is 6.59. The van der Waals surface area contributed by atoms with E-state index >= 15 is 0 Å². The van der Waals surface area contributed by atoms with Crippen LogP contribution >= 0.6 is 0 Å². The van der Waals surface area contributed by atoms with E-state index in [1.807, 2.05) is 0 Å². The summed E-state index contributed by atoms with van der Waals surface area (Å²) in [6, 6.07) is 5.29. The zero-order chi connectivity index (χ0) is 23.6. The first-order valence-corrected chi connectivity index (χ1v) is 9.13. The van der Waals surface area contributed by atoms with Gasteiger partial charge in [-0.05, 0) is 38.1 Å². The maximum absolute atomic E-state index is 11.3. The van der Waals surface area contributed by atoms with Crippen molar-refractivity contribution in [2.75, 3.05) is 34.5 Å². The number of phenolic OH excluding ortho intramolecular Hbond substituents is 2. The van der Waals surface area contributed by atoms with Crippen molar-refractivity contribution in [3.05, 3.63) is 35.4 Å². The Morgan fingerprint density at radius 1 is 0.742 bits per heavy atom. The molecule has 0 bridgehead atoms. The molecule has 10 heteroatoms. The average Bonchev–Trinajstić information content (AvgIpc) is 2.76. The first-order valence-electron chi connectivity index (χ1n) is 9.13. The van der Waals surface area contributed by atoms with Gasteiger partial charge in [-0.25, -0.2) is 9.59 Å². The van der Waals surface area contributed by atoms with E-state index in [2.05, 4.69) is 4.74 Å². The molecule has 170 valence electrons. The number of hydrogen-bond acceptors (Lipinski definition) is 9. The zero-order valence-electron chi connectivity index (χ0n) is 17.9. The Labute approximate surface area is 179 Å². The molecule has 0 radical (unpaired) electrons. The van der Waals surface area contributed by atoms with Crippen molar-refractivity contribution in [2.45, 2.75) is 13.8 Å². The minimum Gasteiger partial charge on any atom is -0.502 e. The van der Waals surface area contributed by atoms with E-state index in [0.29, 0.717) is 13.2 Å². The molecule has 0 aliphatic rings. The number of carbonyl (C=O) groups excluding carboxylic acids is 1. The lowest BCUT2D eigenvalue weighted by Crippen LogP contribution is -2.03. The van der Waals surface area contributed by atoms with Crippen molar-refractivity contribution in [3.63, 3.8) is 0 Å². The number of hydrogen-bond donors (Lipinski definition) is 3. The summed E-state index contributed by atoms with van der Waals surface area (Å²) in [7, 11) is 4.02. The second kappa shape index (κ2) is 12.0. The van der Waals surface area contributed by atoms with E-state index in [0.717, 1.165) is 0 Å². The average molecular weight is 438 g/mol. The van der Waals surface area contributed by atoms with Crippen molar-refractivity contribution in [1.29, 1.82) is 0 Å². The highest BCUT2D eigenvalue weighted by atomic mass is 16.5. The molecule has 0 saturated carbocycles. The number of rotatable bonds is 8. The lowest BCUT2D eigenvalue weighted by molar-refractivity contribution is 0.0598. The maximum atomic E-state index is 11.3. The molecule has 2 rings (SSSR count). The molecule has 2 aromatic carbocycles. The van der Waals surface area contributed by atoms with Crippen molar-refractivity contribution in [1.82, 2.24) is 0 Å². The molecule has 0 atom stereocenters. The molecule has 0 fully saturated rings. The quantitative estimate of drug-likeness (QED) is 0.526. The first-order chi connectivity index (χ1) is 14.7. The van der Waals surface area contributed by atoms with Crippen molar-refractivity contribution in [2.24, 2.45) is 0 Å². The van der Waals surface area contributed by atoms with Crippen LogP contribution < -0.4 is 18.9 Å². The lowest BCUT2D eigenvalue weighted by atomic mass is 10.2. The lowest BCUT2D eigenvalue weighted by Gasteiger charge is -2.11. The minimum atomic E-state index is -1.10. The topological polar surface area (TPSA) is 141 Å². The summed E-state index contributed by atoms with van der Waals surface area (Å²) in [5.41, 5.74) is 0.272. The van der Waals surface area contributed by atoms with Crippen LogP contribution in [0.3, 0.4) is 0 Å². The van der Waals surface area contributed by atoms with Crippen LogP contribution in [0.4, 0.5) is 0 Å². The van der Waals surface area contributed by atoms with E-state index in [9.17, 15) is 19.8 Å². The second-order valence-electron chi connectivity index (χ2n) is 5.71. The van der Waals surface area contributed by atoms with Gasteiger partial charge in [0.15, 0.2) is 23.0 Å². The Hall–Kier alpha value is -3.82. The molecule has 0 aliphatic carbocycles. The van der Waals surface area contributed by atoms with E-state index in [1.165, 1.54) is 45.6 Å². The van der Waals surface area contributed by atoms with Gasteiger partial charge in [0.25, 0.3) is 0 Å². The van der Waals surface area contributed by atoms with Crippen LogP contribution in [0.1, 0.15) is 34.6 Å². The van der Waals surface area contributed by atoms with Crippen molar-refractivity contribution < 1.29 is 48.6 Å². The van der Waals surface area contributed by atoms with Gasteiger partial charge >= 0.3 is 11.9 Å². The van der Waals surface area contributed by atoms with Crippen LogP contribution in [0.15, 0.2) is 24.3 Å². The molecule has 0 heterocycles. The smallest absolute Gasteiger partial charge is 0.338 e. The van der Waals surface area contributed by atoms with E-state index in [1.54, 1.807) is 13.8 Å². The summed E-state index contributed by atoms with van der Waals surface area (Å²) in [5, 5.41) is 28.1. The Balaban J connectivity index is 0.000000311. The monoisotopic (exact) mass is 438 g/mol. The number of methoxy groups -OCH3 is 3. The molecular formula is C21H26O10. The maximum Gasteiger partial charge on any atom is 0.338 e. The zero-order valence-corrected chi connectivity index (χ0v) is 17.9. The van der Waals surface area contributed by atoms with Crippen molar-refractivity contribution >= 4 is 11.9 Å². The minimum absolute atomic E-state index is 0.00750. The van der Waals surface area contributed by atoms with E-state index in [-0.39, 0.29) is 45.6 Å². The Bertz CT molecular complexity index is 908. The summed E-state index contributed by atoms with van der Waals surface area (Å²) >= 11 is 0. The molecule has 0 saturated heterocycles. The molecule has 31 heavy (non-hydrogen) atoms. The van der Waals surface area contributed by atoms with Gasteiger partial charge in [0.1, 0.15) is 0 Å². The first kappa shape index (κ1) is 25.2. The molecule has 3 N–H and O–H groups in total. The highest BCUT2D eigenvalue weighted by Crippen LogP contribution is 2.38. The molecule has 0 amide bonds. The normalized spacial score (nSPS) is 9.71. The van der Waals surface area contributed by atoms with Crippen LogP contribution in [0.2, 0.25) is 0 Å². The van der Waals surface area contributed by atoms with Crippen molar-refractivity contribution in [3.8, 4) is 34.5 Å². The number of aromatic carboxylic acids is 1. The molecular weight excluding hydrogens is 412 g/mol. The number of benzene rings is 2.